The van der Waals surface area contributed by atoms with Crippen molar-refractivity contribution in [3.05, 3.63) is 96.2 Å². The zero-order valence-corrected chi connectivity index (χ0v) is 16.0. The highest BCUT2D eigenvalue weighted by Gasteiger charge is 2.23. The summed E-state index contributed by atoms with van der Waals surface area (Å²) in [5, 5.41) is 2.56. The number of benzene rings is 3. The standard InChI is InChI=1S/C23H15FN2O2S/c24-18-9-10-20-21(13-18)29-23(25-20)26(14-19-6-3-11-28-19)22(27)17-8-7-15-4-1-2-5-16(15)12-17/h1-13H,14H2. The van der Waals surface area contributed by atoms with Crippen LogP contribution >= 0.6 is 11.3 Å². The molecule has 2 heterocycles. The summed E-state index contributed by atoms with van der Waals surface area (Å²) in [4.78, 5) is 19.6. The Balaban J connectivity index is 1.58. The van der Waals surface area contributed by atoms with Crippen molar-refractivity contribution in [1.29, 1.82) is 0 Å². The molecule has 0 aliphatic rings. The second-order valence-electron chi connectivity index (χ2n) is 6.64. The van der Waals surface area contributed by atoms with Gasteiger partial charge in [0.05, 0.1) is 23.0 Å². The maximum absolute atomic E-state index is 13.6. The first-order valence-electron chi connectivity index (χ1n) is 9.06. The number of carbonyl (C=O) groups is 1. The molecule has 142 valence electrons. The van der Waals surface area contributed by atoms with E-state index in [4.69, 9.17) is 4.42 Å². The first-order chi connectivity index (χ1) is 14.2. The molecule has 0 saturated heterocycles. The van der Waals surface area contributed by atoms with Gasteiger partial charge in [0.1, 0.15) is 11.6 Å². The third kappa shape index (κ3) is 3.39. The van der Waals surface area contributed by atoms with Crippen molar-refractivity contribution in [2.75, 3.05) is 4.90 Å². The molecule has 3 aromatic carbocycles. The van der Waals surface area contributed by atoms with Crippen LogP contribution in [0.4, 0.5) is 9.52 Å². The van der Waals surface area contributed by atoms with E-state index in [1.54, 1.807) is 23.3 Å². The van der Waals surface area contributed by atoms with Gasteiger partial charge in [-0.1, -0.05) is 41.7 Å². The summed E-state index contributed by atoms with van der Waals surface area (Å²) >= 11 is 1.28. The molecule has 0 aliphatic carbocycles. The highest BCUT2D eigenvalue weighted by molar-refractivity contribution is 7.22. The third-order valence-electron chi connectivity index (χ3n) is 4.71. The van der Waals surface area contributed by atoms with Crippen LogP contribution in [0, 0.1) is 5.82 Å². The maximum atomic E-state index is 13.6. The zero-order chi connectivity index (χ0) is 19.8. The predicted molar refractivity (Wildman–Crippen MR) is 113 cm³/mol. The largest absolute Gasteiger partial charge is 0.467 e. The first kappa shape index (κ1) is 17.6. The molecule has 0 bridgehead atoms. The number of thiazole rings is 1. The van der Waals surface area contributed by atoms with Crippen LogP contribution in [0.15, 0.2) is 83.5 Å². The van der Waals surface area contributed by atoms with Crippen LogP contribution < -0.4 is 4.90 Å². The summed E-state index contributed by atoms with van der Waals surface area (Å²) in [6, 6.07) is 21.5. The fraction of sp³-hybridized carbons (Fsp3) is 0.0435. The van der Waals surface area contributed by atoms with E-state index in [0.717, 1.165) is 10.8 Å². The number of furan rings is 1. The zero-order valence-electron chi connectivity index (χ0n) is 15.2. The van der Waals surface area contributed by atoms with Gasteiger partial charge < -0.3 is 4.42 Å². The van der Waals surface area contributed by atoms with Gasteiger partial charge in [-0.3, -0.25) is 9.69 Å². The van der Waals surface area contributed by atoms with Crippen molar-refractivity contribution in [2.45, 2.75) is 6.54 Å². The number of aromatic nitrogens is 1. The molecule has 0 atom stereocenters. The van der Waals surface area contributed by atoms with Crippen LogP contribution in [0.3, 0.4) is 0 Å². The molecule has 2 aromatic heterocycles. The minimum absolute atomic E-state index is 0.188. The molecular weight excluding hydrogens is 387 g/mol. The lowest BCUT2D eigenvalue weighted by Crippen LogP contribution is -2.30. The number of nitrogens with zero attached hydrogens (tertiary/aromatic N) is 2. The molecule has 1 amide bonds. The topological polar surface area (TPSA) is 46.3 Å². The van der Waals surface area contributed by atoms with Crippen LogP contribution in [0.25, 0.3) is 21.0 Å². The number of rotatable bonds is 4. The van der Waals surface area contributed by atoms with Crippen LogP contribution in [-0.2, 0) is 6.54 Å². The number of halogens is 1. The number of hydrogen-bond donors (Lipinski definition) is 0. The molecule has 0 aliphatic heterocycles. The highest BCUT2D eigenvalue weighted by atomic mass is 32.1. The minimum atomic E-state index is -0.328. The van der Waals surface area contributed by atoms with E-state index in [2.05, 4.69) is 4.98 Å². The monoisotopic (exact) mass is 402 g/mol. The van der Waals surface area contributed by atoms with Crippen molar-refractivity contribution in [3.8, 4) is 0 Å². The Morgan fingerprint density at radius 3 is 2.69 bits per heavy atom. The smallest absolute Gasteiger partial charge is 0.260 e. The quantitative estimate of drug-likeness (QED) is 0.369. The SMILES string of the molecule is O=C(c1ccc2ccccc2c1)N(Cc1ccco1)c1nc2ccc(F)cc2s1. The minimum Gasteiger partial charge on any atom is -0.467 e. The second kappa shape index (κ2) is 7.14. The molecule has 6 heteroatoms. The molecule has 5 aromatic rings. The van der Waals surface area contributed by atoms with E-state index in [-0.39, 0.29) is 18.3 Å². The van der Waals surface area contributed by atoms with E-state index >= 15 is 0 Å². The average Bonchev–Trinajstić information content (AvgIpc) is 3.40. The summed E-state index contributed by atoms with van der Waals surface area (Å²) in [6.07, 6.45) is 1.57. The highest BCUT2D eigenvalue weighted by Crippen LogP contribution is 2.31. The molecule has 0 radical (unpaired) electrons. The fourth-order valence-corrected chi connectivity index (χ4v) is 4.25. The molecule has 0 saturated carbocycles. The fourth-order valence-electron chi connectivity index (χ4n) is 3.26. The Labute approximate surface area is 169 Å². The summed E-state index contributed by atoms with van der Waals surface area (Å²) in [6.45, 7) is 0.237. The molecule has 0 unspecified atom stereocenters. The van der Waals surface area contributed by atoms with Crippen molar-refractivity contribution in [2.24, 2.45) is 0 Å². The molecule has 0 spiro atoms. The molecule has 5 rings (SSSR count). The number of anilines is 1. The van der Waals surface area contributed by atoms with Crippen molar-refractivity contribution in [3.63, 3.8) is 0 Å². The van der Waals surface area contributed by atoms with Crippen LogP contribution in [-0.4, -0.2) is 10.9 Å². The number of fused-ring (bicyclic) bond motifs is 2. The predicted octanol–water partition coefficient (Wildman–Crippen LogP) is 6.03. The third-order valence-corrected chi connectivity index (χ3v) is 5.75. The normalized spacial score (nSPS) is 11.2. The Hall–Kier alpha value is -3.51. The Kier molecular flexibility index (Phi) is 4.33. The second-order valence-corrected chi connectivity index (χ2v) is 7.65. The van der Waals surface area contributed by atoms with E-state index in [1.807, 2.05) is 48.5 Å². The molecular formula is C23H15FN2O2S. The van der Waals surface area contributed by atoms with Crippen LogP contribution in [0.1, 0.15) is 16.1 Å². The van der Waals surface area contributed by atoms with Gasteiger partial charge in [0.25, 0.3) is 5.91 Å². The lowest BCUT2D eigenvalue weighted by atomic mass is 10.1. The number of amides is 1. The summed E-state index contributed by atoms with van der Waals surface area (Å²) in [7, 11) is 0. The van der Waals surface area contributed by atoms with Crippen molar-refractivity contribution >= 4 is 43.4 Å². The number of hydrogen-bond acceptors (Lipinski definition) is 4. The van der Waals surface area contributed by atoms with Crippen LogP contribution in [0.2, 0.25) is 0 Å². The molecule has 0 N–H and O–H groups in total. The lowest BCUT2D eigenvalue weighted by molar-refractivity contribution is 0.0983. The summed E-state index contributed by atoms with van der Waals surface area (Å²) < 4.78 is 19.8. The van der Waals surface area contributed by atoms with E-state index < -0.39 is 0 Å². The van der Waals surface area contributed by atoms with Crippen molar-refractivity contribution < 1.29 is 13.6 Å². The molecule has 4 nitrogen and oxygen atoms in total. The van der Waals surface area contributed by atoms with Gasteiger partial charge in [-0.15, -0.1) is 0 Å². The summed E-state index contributed by atoms with van der Waals surface area (Å²) in [5.41, 5.74) is 1.21. The van der Waals surface area contributed by atoms with Gasteiger partial charge in [0, 0.05) is 5.56 Å². The Morgan fingerprint density at radius 2 is 1.86 bits per heavy atom. The Bertz CT molecular complexity index is 1330. The molecule has 29 heavy (non-hydrogen) atoms. The Morgan fingerprint density at radius 1 is 1.00 bits per heavy atom. The van der Waals surface area contributed by atoms with Gasteiger partial charge >= 0.3 is 0 Å². The van der Waals surface area contributed by atoms with Gasteiger partial charge in [-0.2, -0.15) is 0 Å². The van der Waals surface area contributed by atoms with E-state index in [9.17, 15) is 9.18 Å². The van der Waals surface area contributed by atoms with E-state index in [0.29, 0.717) is 26.7 Å². The average molecular weight is 402 g/mol. The number of carbonyl (C=O) groups excluding carboxylic acids is 1. The van der Waals surface area contributed by atoms with Crippen LogP contribution in [0.5, 0.6) is 0 Å². The van der Waals surface area contributed by atoms with Gasteiger partial charge in [0.2, 0.25) is 0 Å². The van der Waals surface area contributed by atoms with Gasteiger partial charge in [0.15, 0.2) is 5.13 Å². The summed E-state index contributed by atoms with van der Waals surface area (Å²) in [5.74, 6) is 0.127. The first-order valence-corrected chi connectivity index (χ1v) is 9.88. The lowest BCUT2D eigenvalue weighted by Gasteiger charge is -2.19. The van der Waals surface area contributed by atoms with E-state index in [1.165, 1.54) is 23.5 Å². The van der Waals surface area contributed by atoms with Gasteiger partial charge in [-0.25, -0.2) is 9.37 Å². The molecule has 0 fully saturated rings. The van der Waals surface area contributed by atoms with Crippen molar-refractivity contribution in [1.82, 2.24) is 4.98 Å². The maximum Gasteiger partial charge on any atom is 0.260 e. The van der Waals surface area contributed by atoms with Gasteiger partial charge in [-0.05, 0) is 53.2 Å².